The third-order valence-electron chi connectivity index (χ3n) is 2.81. The molecule has 14 heavy (non-hydrogen) atoms. The predicted octanol–water partition coefficient (Wildman–Crippen LogP) is 2.00. The number of carboxylic acids is 1. The van der Waals surface area contributed by atoms with E-state index in [-0.39, 0.29) is 5.69 Å². The molecule has 0 radical (unpaired) electrons. The molecule has 0 atom stereocenters. The summed E-state index contributed by atoms with van der Waals surface area (Å²) in [6.07, 6.45) is 4.71. The summed E-state index contributed by atoms with van der Waals surface area (Å²) in [5.74, 6) is -0.940. The highest BCUT2D eigenvalue weighted by Gasteiger charge is 2.21. The van der Waals surface area contributed by atoms with E-state index in [1.165, 1.54) is 12.8 Å². The molecule has 0 amide bonds. The number of aromatic carboxylic acids is 1. The summed E-state index contributed by atoms with van der Waals surface area (Å²) < 4.78 is 1.87. The van der Waals surface area contributed by atoms with Crippen LogP contribution in [0.2, 0.25) is 0 Å². The third kappa shape index (κ3) is 1.52. The molecule has 0 spiro atoms. The first-order valence-corrected chi connectivity index (χ1v) is 4.98. The smallest absolute Gasteiger partial charge is 0.356 e. The van der Waals surface area contributed by atoms with Crippen molar-refractivity contribution < 1.29 is 9.90 Å². The first kappa shape index (κ1) is 9.24. The minimum absolute atomic E-state index is 0.161. The standard InChI is InChI=1S/C10H14N2O2/c1-7-6-9(10(13)14)11-12(7)8-4-2-3-5-8/h6,8H,2-5H2,1H3,(H,13,14). The molecule has 1 aliphatic rings. The van der Waals surface area contributed by atoms with Crippen LogP contribution in [0.1, 0.15) is 47.9 Å². The first-order valence-electron chi connectivity index (χ1n) is 4.98. The molecule has 1 aliphatic carbocycles. The second kappa shape index (κ2) is 3.44. The van der Waals surface area contributed by atoms with Crippen molar-refractivity contribution in [3.63, 3.8) is 0 Å². The van der Waals surface area contributed by atoms with Gasteiger partial charge in [-0.3, -0.25) is 4.68 Å². The largest absolute Gasteiger partial charge is 0.476 e. The highest BCUT2D eigenvalue weighted by molar-refractivity contribution is 5.85. The molecule has 1 aromatic heterocycles. The Morgan fingerprint density at radius 3 is 2.71 bits per heavy atom. The van der Waals surface area contributed by atoms with Crippen molar-refractivity contribution in [2.24, 2.45) is 0 Å². The molecule has 0 aliphatic heterocycles. The van der Waals surface area contributed by atoms with Gasteiger partial charge in [0.25, 0.3) is 0 Å². The summed E-state index contributed by atoms with van der Waals surface area (Å²) in [4.78, 5) is 10.7. The Morgan fingerprint density at radius 2 is 2.21 bits per heavy atom. The number of aromatic nitrogens is 2. The monoisotopic (exact) mass is 194 g/mol. The quantitative estimate of drug-likeness (QED) is 0.783. The molecule has 1 fully saturated rings. The van der Waals surface area contributed by atoms with E-state index in [0.29, 0.717) is 6.04 Å². The van der Waals surface area contributed by atoms with E-state index in [4.69, 9.17) is 5.11 Å². The summed E-state index contributed by atoms with van der Waals surface area (Å²) in [6, 6.07) is 2.06. The van der Waals surface area contributed by atoms with Gasteiger partial charge in [0.1, 0.15) is 0 Å². The molecular formula is C10H14N2O2. The number of rotatable bonds is 2. The highest BCUT2D eigenvalue weighted by atomic mass is 16.4. The number of carboxylic acid groups (broad SMARTS) is 1. The summed E-state index contributed by atoms with van der Waals surface area (Å²) in [5.41, 5.74) is 1.11. The van der Waals surface area contributed by atoms with Gasteiger partial charge in [0.05, 0.1) is 6.04 Å². The van der Waals surface area contributed by atoms with E-state index in [1.807, 2.05) is 11.6 Å². The van der Waals surface area contributed by atoms with Crippen LogP contribution in [0.4, 0.5) is 0 Å². The van der Waals surface area contributed by atoms with Gasteiger partial charge in [-0.05, 0) is 25.8 Å². The average Bonchev–Trinajstić information content (AvgIpc) is 2.71. The van der Waals surface area contributed by atoms with Gasteiger partial charge in [-0.2, -0.15) is 5.10 Å². The minimum atomic E-state index is -0.940. The summed E-state index contributed by atoms with van der Waals surface area (Å²) in [7, 11) is 0. The van der Waals surface area contributed by atoms with Crippen molar-refractivity contribution in [1.82, 2.24) is 9.78 Å². The Kier molecular flexibility index (Phi) is 2.27. The van der Waals surface area contributed by atoms with Crippen LogP contribution >= 0.6 is 0 Å². The molecule has 1 aromatic rings. The highest BCUT2D eigenvalue weighted by Crippen LogP contribution is 2.29. The van der Waals surface area contributed by atoms with E-state index in [2.05, 4.69) is 5.10 Å². The van der Waals surface area contributed by atoms with E-state index in [0.717, 1.165) is 18.5 Å². The molecule has 1 saturated carbocycles. The Morgan fingerprint density at radius 1 is 1.57 bits per heavy atom. The zero-order valence-electron chi connectivity index (χ0n) is 8.23. The molecule has 4 nitrogen and oxygen atoms in total. The van der Waals surface area contributed by atoms with Crippen LogP contribution in [0.25, 0.3) is 0 Å². The fraction of sp³-hybridized carbons (Fsp3) is 0.600. The van der Waals surface area contributed by atoms with Crippen LogP contribution in [0, 0.1) is 6.92 Å². The summed E-state index contributed by atoms with van der Waals surface area (Å²) >= 11 is 0. The Labute approximate surface area is 82.5 Å². The van der Waals surface area contributed by atoms with E-state index in [9.17, 15) is 4.79 Å². The predicted molar refractivity (Wildman–Crippen MR) is 51.4 cm³/mol. The van der Waals surface area contributed by atoms with Crippen molar-refractivity contribution in [2.45, 2.75) is 38.6 Å². The van der Waals surface area contributed by atoms with Gasteiger partial charge < -0.3 is 5.11 Å². The minimum Gasteiger partial charge on any atom is -0.476 e. The van der Waals surface area contributed by atoms with Gasteiger partial charge in [-0.15, -0.1) is 0 Å². The van der Waals surface area contributed by atoms with Crippen molar-refractivity contribution in [1.29, 1.82) is 0 Å². The SMILES string of the molecule is Cc1cc(C(=O)O)nn1C1CCCC1. The molecular weight excluding hydrogens is 180 g/mol. The molecule has 0 saturated heterocycles. The lowest BCUT2D eigenvalue weighted by molar-refractivity contribution is 0.0689. The van der Waals surface area contributed by atoms with Gasteiger partial charge in [-0.1, -0.05) is 12.8 Å². The van der Waals surface area contributed by atoms with Crippen LogP contribution in [0.5, 0.6) is 0 Å². The van der Waals surface area contributed by atoms with E-state index in [1.54, 1.807) is 6.07 Å². The Balaban J connectivity index is 2.28. The van der Waals surface area contributed by atoms with Crippen molar-refractivity contribution >= 4 is 5.97 Å². The maximum absolute atomic E-state index is 10.7. The van der Waals surface area contributed by atoms with Crippen LogP contribution < -0.4 is 0 Å². The lowest BCUT2D eigenvalue weighted by atomic mass is 10.2. The average molecular weight is 194 g/mol. The fourth-order valence-electron chi connectivity index (χ4n) is 2.11. The fourth-order valence-corrected chi connectivity index (χ4v) is 2.11. The van der Waals surface area contributed by atoms with Gasteiger partial charge in [-0.25, -0.2) is 4.79 Å². The normalized spacial score (nSPS) is 17.5. The zero-order valence-corrected chi connectivity index (χ0v) is 8.23. The Bertz CT molecular complexity index is 351. The number of aryl methyl sites for hydroxylation is 1. The zero-order chi connectivity index (χ0) is 10.1. The van der Waals surface area contributed by atoms with E-state index < -0.39 is 5.97 Å². The molecule has 0 aromatic carbocycles. The second-order valence-corrected chi connectivity index (χ2v) is 3.86. The van der Waals surface area contributed by atoms with Gasteiger partial charge in [0.15, 0.2) is 5.69 Å². The number of hydrogen-bond acceptors (Lipinski definition) is 2. The van der Waals surface area contributed by atoms with E-state index >= 15 is 0 Å². The van der Waals surface area contributed by atoms with Gasteiger partial charge in [0, 0.05) is 5.69 Å². The van der Waals surface area contributed by atoms with Crippen molar-refractivity contribution in [2.75, 3.05) is 0 Å². The maximum atomic E-state index is 10.7. The Hall–Kier alpha value is -1.32. The van der Waals surface area contributed by atoms with Crippen LogP contribution in [-0.2, 0) is 0 Å². The molecule has 4 heteroatoms. The van der Waals surface area contributed by atoms with Crippen LogP contribution in [0.15, 0.2) is 6.07 Å². The lowest BCUT2D eigenvalue weighted by Crippen LogP contribution is -2.09. The summed E-state index contributed by atoms with van der Waals surface area (Å²) in [5, 5.41) is 12.9. The molecule has 0 bridgehead atoms. The first-order chi connectivity index (χ1) is 6.68. The van der Waals surface area contributed by atoms with Gasteiger partial charge in [0.2, 0.25) is 0 Å². The maximum Gasteiger partial charge on any atom is 0.356 e. The number of nitrogens with zero attached hydrogens (tertiary/aromatic N) is 2. The molecule has 1 heterocycles. The van der Waals surface area contributed by atoms with Crippen LogP contribution in [0.3, 0.4) is 0 Å². The summed E-state index contributed by atoms with van der Waals surface area (Å²) in [6.45, 7) is 1.91. The van der Waals surface area contributed by atoms with Crippen LogP contribution in [-0.4, -0.2) is 20.9 Å². The lowest BCUT2D eigenvalue weighted by Gasteiger charge is -2.11. The number of carbonyl (C=O) groups is 1. The molecule has 0 unspecified atom stereocenters. The van der Waals surface area contributed by atoms with Crippen molar-refractivity contribution in [3.8, 4) is 0 Å². The number of hydrogen-bond donors (Lipinski definition) is 1. The molecule has 76 valence electrons. The molecule has 2 rings (SSSR count). The topological polar surface area (TPSA) is 55.1 Å². The second-order valence-electron chi connectivity index (χ2n) is 3.86. The third-order valence-corrected chi connectivity index (χ3v) is 2.81. The van der Waals surface area contributed by atoms with Gasteiger partial charge >= 0.3 is 5.97 Å². The molecule has 1 N–H and O–H groups in total. The van der Waals surface area contributed by atoms with Crippen molar-refractivity contribution in [3.05, 3.63) is 17.5 Å².